The molecule has 112 valence electrons. The quantitative estimate of drug-likeness (QED) is 0.810. The highest BCUT2D eigenvalue weighted by atomic mass is 32.1. The number of hydrogen-bond donors (Lipinski definition) is 1. The molecular weight excluding hydrogens is 278 g/mol. The summed E-state index contributed by atoms with van der Waals surface area (Å²) in [6.45, 7) is 5.99. The van der Waals surface area contributed by atoms with Gasteiger partial charge in [-0.15, -0.1) is 11.3 Å². The van der Waals surface area contributed by atoms with Crippen molar-refractivity contribution in [3.63, 3.8) is 0 Å². The molecule has 2 heterocycles. The smallest absolute Gasteiger partial charge is 0.310 e. The minimum Gasteiger partial charge on any atom is -0.469 e. The Morgan fingerprint density at radius 3 is 2.90 bits per heavy atom. The molecule has 0 spiro atoms. The highest BCUT2D eigenvalue weighted by Crippen LogP contribution is 2.22. The molecule has 0 bridgehead atoms. The highest BCUT2D eigenvalue weighted by Gasteiger charge is 2.32. The van der Waals surface area contributed by atoms with Crippen LogP contribution in [0.4, 0.5) is 0 Å². The lowest BCUT2D eigenvalue weighted by molar-refractivity contribution is -0.139. The van der Waals surface area contributed by atoms with E-state index in [1.165, 1.54) is 12.0 Å². The van der Waals surface area contributed by atoms with Crippen molar-refractivity contribution in [1.82, 2.24) is 5.32 Å². The van der Waals surface area contributed by atoms with Gasteiger partial charge in [0, 0.05) is 22.8 Å². The van der Waals surface area contributed by atoms with E-state index in [1.54, 1.807) is 11.3 Å². The van der Waals surface area contributed by atoms with Crippen LogP contribution in [0, 0.1) is 0 Å². The Labute approximate surface area is 123 Å². The topological polar surface area (TPSA) is 56.8 Å². The summed E-state index contributed by atoms with van der Waals surface area (Å²) in [5.41, 5.74) is 0. The third-order valence-electron chi connectivity index (χ3n) is 3.00. The van der Waals surface area contributed by atoms with Crippen LogP contribution < -0.4 is 5.32 Å². The minimum absolute atomic E-state index is 0.0968. The van der Waals surface area contributed by atoms with Crippen molar-refractivity contribution in [2.75, 3.05) is 20.3 Å². The summed E-state index contributed by atoms with van der Waals surface area (Å²) in [5, 5.41) is 3.35. The maximum absolute atomic E-state index is 11.2. The zero-order chi connectivity index (χ0) is 14.6. The van der Waals surface area contributed by atoms with Crippen molar-refractivity contribution >= 4 is 17.3 Å². The summed E-state index contributed by atoms with van der Waals surface area (Å²) in [6, 6.07) is 4.00. The first-order valence-electron chi connectivity index (χ1n) is 6.65. The Bertz CT molecular complexity index is 458. The van der Waals surface area contributed by atoms with Crippen LogP contribution in [0.15, 0.2) is 12.1 Å². The third-order valence-corrected chi connectivity index (χ3v) is 4.09. The Hall–Kier alpha value is -0.950. The molecule has 5 nitrogen and oxygen atoms in total. The average molecular weight is 299 g/mol. The van der Waals surface area contributed by atoms with E-state index in [-0.39, 0.29) is 12.1 Å². The van der Waals surface area contributed by atoms with Gasteiger partial charge in [-0.1, -0.05) is 0 Å². The average Bonchev–Trinajstić information content (AvgIpc) is 2.96. The van der Waals surface area contributed by atoms with E-state index in [1.807, 2.05) is 26.0 Å². The molecule has 1 unspecified atom stereocenters. The predicted octanol–water partition coefficient (Wildman–Crippen LogP) is 1.70. The van der Waals surface area contributed by atoms with Gasteiger partial charge in [0.1, 0.15) is 0 Å². The van der Waals surface area contributed by atoms with Crippen LogP contribution in [-0.2, 0) is 32.0 Å². The molecule has 1 atom stereocenters. The van der Waals surface area contributed by atoms with Crippen molar-refractivity contribution in [2.45, 2.75) is 38.7 Å². The number of esters is 1. The van der Waals surface area contributed by atoms with E-state index in [4.69, 9.17) is 9.47 Å². The van der Waals surface area contributed by atoms with Crippen molar-refractivity contribution < 1.29 is 19.0 Å². The normalized spacial score (nSPS) is 21.1. The second-order valence-corrected chi connectivity index (χ2v) is 6.46. The number of carbonyl (C=O) groups excluding carboxylic acids is 1. The number of hydrogen-bond acceptors (Lipinski definition) is 6. The number of rotatable bonds is 6. The zero-order valence-corrected chi connectivity index (χ0v) is 12.9. The molecule has 0 radical (unpaired) electrons. The molecule has 6 heteroatoms. The lowest BCUT2D eigenvalue weighted by Crippen LogP contribution is -2.30. The van der Waals surface area contributed by atoms with E-state index in [0.717, 1.165) is 18.0 Å². The van der Waals surface area contributed by atoms with Crippen LogP contribution in [0.2, 0.25) is 0 Å². The van der Waals surface area contributed by atoms with Gasteiger partial charge in [-0.25, -0.2) is 0 Å². The fourth-order valence-corrected chi connectivity index (χ4v) is 3.02. The van der Waals surface area contributed by atoms with Crippen LogP contribution in [0.5, 0.6) is 0 Å². The van der Waals surface area contributed by atoms with Gasteiger partial charge in [0.25, 0.3) is 0 Å². The molecule has 0 amide bonds. The largest absolute Gasteiger partial charge is 0.469 e. The third kappa shape index (κ3) is 4.56. The van der Waals surface area contributed by atoms with E-state index in [9.17, 15) is 4.79 Å². The molecule has 1 aliphatic rings. The zero-order valence-electron chi connectivity index (χ0n) is 12.1. The minimum atomic E-state index is -0.469. The second-order valence-electron chi connectivity index (χ2n) is 5.20. The highest BCUT2D eigenvalue weighted by molar-refractivity contribution is 7.12. The van der Waals surface area contributed by atoms with Crippen LogP contribution in [0.3, 0.4) is 0 Å². The molecule has 2 rings (SSSR count). The second kappa shape index (κ2) is 6.67. The van der Waals surface area contributed by atoms with E-state index >= 15 is 0 Å². The van der Waals surface area contributed by atoms with Crippen molar-refractivity contribution in [3.05, 3.63) is 21.9 Å². The van der Waals surface area contributed by atoms with Crippen LogP contribution in [-0.4, -0.2) is 38.1 Å². The van der Waals surface area contributed by atoms with Gasteiger partial charge in [-0.05, 0) is 26.0 Å². The summed E-state index contributed by atoms with van der Waals surface area (Å²) in [5.74, 6) is -0.673. The van der Waals surface area contributed by atoms with Gasteiger partial charge in [-0.3, -0.25) is 4.79 Å². The van der Waals surface area contributed by atoms with Gasteiger partial charge in [0.15, 0.2) is 5.79 Å². The molecular formula is C14H21NO4S. The Balaban J connectivity index is 1.71. The van der Waals surface area contributed by atoms with Crippen LogP contribution in [0.25, 0.3) is 0 Å². The summed E-state index contributed by atoms with van der Waals surface area (Å²) < 4.78 is 15.9. The number of carbonyl (C=O) groups is 1. The first-order valence-corrected chi connectivity index (χ1v) is 7.47. The van der Waals surface area contributed by atoms with Gasteiger partial charge >= 0.3 is 5.97 Å². The molecule has 1 aromatic heterocycles. The van der Waals surface area contributed by atoms with Gasteiger partial charge < -0.3 is 19.5 Å². The first kappa shape index (κ1) is 15.4. The van der Waals surface area contributed by atoms with Gasteiger partial charge in [0.05, 0.1) is 26.2 Å². The Kier molecular flexibility index (Phi) is 5.15. The fraction of sp³-hybridized carbons (Fsp3) is 0.643. The number of nitrogens with one attached hydrogen (secondary N) is 1. The number of thiophene rings is 1. The maximum Gasteiger partial charge on any atom is 0.310 e. The van der Waals surface area contributed by atoms with E-state index in [0.29, 0.717) is 13.0 Å². The molecule has 0 aromatic carbocycles. The first-order chi connectivity index (χ1) is 9.48. The van der Waals surface area contributed by atoms with Crippen molar-refractivity contribution in [3.8, 4) is 0 Å². The molecule has 0 aliphatic carbocycles. The lowest BCUT2D eigenvalue weighted by Gasteiger charge is -2.17. The number of methoxy groups -OCH3 is 1. The maximum atomic E-state index is 11.2. The fourth-order valence-electron chi connectivity index (χ4n) is 2.05. The van der Waals surface area contributed by atoms with Gasteiger partial charge in [0.2, 0.25) is 0 Å². The molecule has 1 aliphatic heterocycles. The molecule has 1 aromatic rings. The lowest BCUT2D eigenvalue weighted by atomic mass is 10.3. The Morgan fingerprint density at radius 2 is 2.25 bits per heavy atom. The van der Waals surface area contributed by atoms with Crippen LogP contribution in [0.1, 0.15) is 23.6 Å². The van der Waals surface area contributed by atoms with E-state index in [2.05, 4.69) is 10.1 Å². The summed E-state index contributed by atoms with van der Waals surface area (Å²) >= 11 is 1.62. The Morgan fingerprint density at radius 1 is 1.50 bits per heavy atom. The summed E-state index contributed by atoms with van der Waals surface area (Å²) in [7, 11) is 1.41. The van der Waals surface area contributed by atoms with Crippen LogP contribution >= 0.6 is 11.3 Å². The summed E-state index contributed by atoms with van der Waals surface area (Å²) in [4.78, 5) is 13.4. The standard InChI is InChI=1S/C14H21NO4S/c1-14(2)18-9-10(19-14)7-15-8-12-5-4-11(20-12)6-13(16)17-3/h4-5,10,15H,6-9H2,1-3H3. The van der Waals surface area contributed by atoms with Crippen molar-refractivity contribution in [1.29, 1.82) is 0 Å². The molecule has 1 N–H and O–H groups in total. The number of ether oxygens (including phenoxy) is 3. The molecule has 0 saturated carbocycles. The molecule has 1 saturated heterocycles. The molecule has 20 heavy (non-hydrogen) atoms. The van der Waals surface area contributed by atoms with Crippen molar-refractivity contribution in [2.24, 2.45) is 0 Å². The predicted molar refractivity (Wildman–Crippen MR) is 76.6 cm³/mol. The van der Waals surface area contributed by atoms with Gasteiger partial charge in [-0.2, -0.15) is 0 Å². The summed E-state index contributed by atoms with van der Waals surface area (Å²) in [6.07, 6.45) is 0.439. The van der Waals surface area contributed by atoms with E-state index < -0.39 is 5.79 Å². The monoisotopic (exact) mass is 299 g/mol. The SMILES string of the molecule is COC(=O)Cc1ccc(CNCC2COC(C)(C)O2)s1. The molecule has 1 fully saturated rings.